The molecule has 1 amide bonds. The predicted octanol–water partition coefficient (Wildman–Crippen LogP) is 4.31. The molecular weight excluding hydrogens is 480 g/mol. The van der Waals surface area contributed by atoms with Gasteiger partial charge in [0, 0.05) is 80.0 Å². The summed E-state index contributed by atoms with van der Waals surface area (Å²) in [6.45, 7) is 8.25. The van der Waals surface area contributed by atoms with Crippen LogP contribution in [-0.4, -0.2) is 67.2 Å². The molecule has 0 radical (unpaired) electrons. The van der Waals surface area contributed by atoms with Crippen LogP contribution in [0.4, 0.5) is 16.3 Å². The van der Waals surface area contributed by atoms with E-state index in [-0.39, 0.29) is 6.09 Å². The average molecular weight is 515 g/mol. The number of pyridine rings is 2. The van der Waals surface area contributed by atoms with E-state index in [2.05, 4.69) is 28.3 Å². The Kier molecular flexibility index (Phi) is 5.77. The van der Waals surface area contributed by atoms with Gasteiger partial charge in [0.15, 0.2) is 0 Å². The number of aromatic nitrogens is 5. The number of carbonyl (C=O) groups is 1. The highest BCUT2D eigenvalue weighted by molar-refractivity contribution is 5.91. The molecule has 2 fully saturated rings. The SMILES string of the molecule is Cn1cc(-c2cc(-c3ccc(N4CCN(C(=O)OC(C)(C)C)CC4)nc3)c3c(N)cnn3c2)c(C2CC2)n1. The second-order valence-corrected chi connectivity index (χ2v) is 11.3. The molecule has 1 saturated carbocycles. The van der Waals surface area contributed by atoms with Crippen LogP contribution in [0.2, 0.25) is 0 Å². The number of carbonyl (C=O) groups excluding carboxylic acids is 1. The van der Waals surface area contributed by atoms with E-state index in [0.717, 1.165) is 39.3 Å². The number of nitrogen functional groups attached to an aromatic ring is 1. The standard InChI is InChI=1S/C28H34N8O2/c1-28(2,3)38-27(37)35-11-9-34(10-12-35)24-8-7-19(14-30-24)21-13-20(16-36-26(21)23(29)15-31-36)22-17-33(4)32-25(22)18-5-6-18/h7-8,13-18H,5-6,9-12,29H2,1-4H3. The maximum atomic E-state index is 12.4. The summed E-state index contributed by atoms with van der Waals surface area (Å²) in [6.07, 6.45) is 9.82. The van der Waals surface area contributed by atoms with Crippen LogP contribution in [0.15, 0.2) is 43.0 Å². The van der Waals surface area contributed by atoms with E-state index in [4.69, 9.17) is 20.6 Å². The molecule has 1 saturated heterocycles. The van der Waals surface area contributed by atoms with Crippen molar-refractivity contribution in [1.29, 1.82) is 0 Å². The maximum absolute atomic E-state index is 12.4. The zero-order chi connectivity index (χ0) is 26.6. The minimum absolute atomic E-state index is 0.263. The molecule has 10 nitrogen and oxygen atoms in total. The summed E-state index contributed by atoms with van der Waals surface area (Å²) in [7, 11) is 1.97. The van der Waals surface area contributed by atoms with Gasteiger partial charge in [-0.05, 0) is 51.8 Å². The maximum Gasteiger partial charge on any atom is 0.410 e. The van der Waals surface area contributed by atoms with Gasteiger partial charge in [-0.3, -0.25) is 4.68 Å². The van der Waals surface area contributed by atoms with Crippen molar-refractivity contribution in [2.24, 2.45) is 7.05 Å². The van der Waals surface area contributed by atoms with E-state index < -0.39 is 5.60 Å². The summed E-state index contributed by atoms with van der Waals surface area (Å²) in [5.74, 6) is 1.42. The van der Waals surface area contributed by atoms with Crippen molar-refractivity contribution in [3.8, 4) is 22.3 Å². The Balaban J connectivity index is 1.26. The second-order valence-electron chi connectivity index (χ2n) is 11.3. The Morgan fingerprint density at radius 3 is 2.45 bits per heavy atom. The number of hydrogen-bond donors (Lipinski definition) is 1. The molecule has 4 aromatic heterocycles. The van der Waals surface area contributed by atoms with Gasteiger partial charge in [-0.25, -0.2) is 14.3 Å². The minimum atomic E-state index is -0.496. The number of ether oxygens (including phenoxy) is 1. The highest BCUT2D eigenvalue weighted by Gasteiger charge is 2.30. The largest absolute Gasteiger partial charge is 0.444 e. The smallest absolute Gasteiger partial charge is 0.410 e. The van der Waals surface area contributed by atoms with Crippen LogP contribution in [0.1, 0.15) is 45.2 Å². The van der Waals surface area contributed by atoms with E-state index in [0.29, 0.717) is 37.8 Å². The van der Waals surface area contributed by atoms with E-state index in [1.54, 1.807) is 11.1 Å². The monoisotopic (exact) mass is 514 g/mol. The lowest BCUT2D eigenvalue weighted by Crippen LogP contribution is -2.50. The van der Waals surface area contributed by atoms with Gasteiger partial charge in [0.1, 0.15) is 11.4 Å². The zero-order valence-electron chi connectivity index (χ0n) is 22.4. The van der Waals surface area contributed by atoms with Crippen molar-refractivity contribution < 1.29 is 9.53 Å². The van der Waals surface area contributed by atoms with Crippen LogP contribution in [0.3, 0.4) is 0 Å². The molecule has 1 aliphatic heterocycles. The number of nitrogens with two attached hydrogens (primary N) is 1. The molecule has 6 rings (SSSR count). The van der Waals surface area contributed by atoms with Crippen LogP contribution in [0.25, 0.3) is 27.8 Å². The first-order chi connectivity index (χ1) is 18.2. The fourth-order valence-corrected chi connectivity index (χ4v) is 5.08. The highest BCUT2D eigenvalue weighted by Crippen LogP contribution is 2.44. The van der Waals surface area contributed by atoms with Crippen molar-refractivity contribution in [2.45, 2.75) is 45.1 Å². The Labute approximate surface area is 222 Å². The summed E-state index contributed by atoms with van der Waals surface area (Å²) in [6, 6.07) is 6.29. The van der Waals surface area contributed by atoms with Crippen LogP contribution in [0.5, 0.6) is 0 Å². The summed E-state index contributed by atoms with van der Waals surface area (Å²) in [5.41, 5.74) is 12.6. The third-order valence-corrected chi connectivity index (χ3v) is 7.09. The van der Waals surface area contributed by atoms with Crippen LogP contribution < -0.4 is 10.6 Å². The van der Waals surface area contributed by atoms with E-state index in [1.807, 2.05) is 55.5 Å². The Bertz CT molecular complexity index is 1490. The van der Waals surface area contributed by atoms with Crippen LogP contribution >= 0.6 is 0 Å². The van der Waals surface area contributed by atoms with E-state index >= 15 is 0 Å². The van der Waals surface area contributed by atoms with Gasteiger partial charge in [0.25, 0.3) is 0 Å². The number of aryl methyl sites for hydroxylation is 1. The fraction of sp³-hybridized carbons (Fsp3) is 0.429. The van der Waals surface area contributed by atoms with E-state index in [9.17, 15) is 4.79 Å². The molecule has 10 heteroatoms. The van der Waals surface area contributed by atoms with Gasteiger partial charge in [-0.2, -0.15) is 10.2 Å². The molecule has 198 valence electrons. The van der Waals surface area contributed by atoms with E-state index in [1.165, 1.54) is 12.8 Å². The molecule has 0 unspecified atom stereocenters. The van der Waals surface area contributed by atoms with Gasteiger partial charge < -0.3 is 20.3 Å². The lowest BCUT2D eigenvalue weighted by molar-refractivity contribution is 0.0240. The van der Waals surface area contributed by atoms with Gasteiger partial charge >= 0.3 is 6.09 Å². The molecular formula is C28H34N8O2. The number of hydrogen-bond acceptors (Lipinski definition) is 7. The Hall–Kier alpha value is -4.08. The quantitative estimate of drug-likeness (QED) is 0.432. The van der Waals surface area contributed by atoms with Crippen molar-refractivity contribution in [1.82, 2.24) is 29.3 Å². The van der Waals surface area contributed by atoms with Gasteiger partial charge in [-0.15, -0.1) is 0 Å². The first-order valence-electron chi connectivity index (χ1n) is 13.2. The average Bonchev–Trinajstić information content (AvgIpc) is 3.56. The first kappa shape index (κ1) is 24.3. The van der Waals surface area contributed by atoms with Crippen LogP contribution in [0, 0.1) is 0 Å². The lowest BCUT2D eigenvalue weighted by atomic mass is 10.00. The first-order valence-corrected chi connectivity index (χ1v) is 13.2. The molecule has 0 spiro atoms. The summed E-state index contributed by atoms with van der Waals surface area (Å²) in [5, 5.41) is 9.26. The molecule has 0 atom stereocenters. The molecule has 0 bridgehead atoms. The zero-order valence-corrected chi connectivity index (χ0v) is 22.4. The third-order valence-electron chi connectivity index (χ3n) is 7.09. The number of rotatable bonds is 4. The molecule has 2 aliphatic rings. The number of nitrogens with zero attached hydrogens (tertiary/aromatic N) is 7. The Morgan fingerprint density at radius 2 is 1.79 bits per heavy atom. The topological polar surface area (TPSA) is 107 Å². The fourth-order valence-electron chi connectivity index (χ4n) is 5.08. The van der Waals surface area contributed by atoms with Crippen molar-refractivity contribution >= 4 is 23.1 Å². The van der Waals surface area contributed by atoms with Gasteiger partial charge in [0.2, 0.25) is 0 Å². The molecule has 4 aromatic rings. The van der Waals surface area contributed by atoms with Crippen LogP contribution in [-0.2, 0) is 11.8 Å². The van der Waals surface area contributed by atoms with Gasteiger partial charge in [-0.1, -0.05) is 0 Å². The summed E-state index contributed by atoms with van der Waals surface area (Å²) < 4.78 is 9.26. The van der Waals surface area contributed by atoms with Crippen molar-refractivity contribution in [2.75, 3.05) is 36.8 Å². The molecule has 2 N–H and O–H groups in total. The summed E-state index contributed by atoms with van der Waals surface area (Å²) in [4.78, 5) is 21.2. The summed E-state index contributed by atoms with van der Waals surface area (Å²) >= 11 is 0. The second kappa shape index (κ2) is 9.04. The number of fused-ring (bicyclic) bond motifs is 1. The molecule has 0 aromatic carbocycles. The molecule has 38 heavy (non-hydrogen) atoms. The predicted molar refractivity (Wildman–Crippen MR) is 147 cm³/mol. The lowest BCUT2D eigenvalue weighted by Gasteiger charge is -2.36. The minimum Gasteiger partial charge on any atom is -0.444 e. The Morgan fingerprint density at radius 1 is 1.03 bits per heavy atom. The third kappa shape index (κ3) is 4.66. The normalized spacial score (nSPS) is 16.3. The number of piperazine rings is 1. The molecule has 5 heterocycles. The number of anilines is 2. The number of amides is 1. The molecule has 1 aliphatic carbocycles. The highest BCUT2D eigenvalue weighted by atomic mass is 16.6. The van der Waals surface area contributed by atoms with Crippen molar-refractivity contribution in [3.05, 3.63) is 48.7 Å². The van der Waals surface area contributed by atoms with Crippen molar-refractivity contribution in [3.63, 3.8) is 0 Å². The van der Waals surface area contributed by atoms with Gasteiger partial charge in [0.05, 0.1) is 23.1 Å².